The molecule has 0 saturated carbocycles. The molecule has 0 aliphatic heterocycles. The molecule has 0 amide bonds. The van der Waals surface area contributed by atoms with Crippen molar-refractivity contribution in [3.8, 4) is 0 Å². The summed E-state index contributed by atoms with van der Waals surface area (Å²) >= 11 is -2.34. The first-order valence-electron chi connectivity index (χ1n) is 3.83. The number of nitrogens with zero attached hydrogens (tertiary/aromatic N) is 2. The molecule has 0 fully saturated rings. The van der Waals surface area contributed by atoms with Crippen LogP contribution in [-0.2, 0) is 9.53 Å². The van der Waals surface area contributed by atoms with E-state index < -0.39 is 19.2 Å². The van der Waals surface area contributed by atoms with Crippen molar-refractivity contribution >= 4 is 23.8 Å². The Hall–Kier alpha value is -0.607. The van der Waals surface area contributed by atoms with Gasteiger partial charge in [0.2, 0.25) is 0 Å². The van der Waals surface area contributed by atoms with Gasteiger partial charge in [0.15, 0.2) is 0 Å². The van der Waals surface area contributed by atoms with E-state index in [4.69, 9.17) is 10.3 Å². The van der Waals surface area contributed by atoms with Crippen LogP contribution in [-0.4, -0.2) is 35.2 Å². The van der Waals surface area contributed by atoms with Gasteiger partial charge in [-0.25, -0.2) is 0 Å². The molecule has 0 N–H and O–H groups in total. The van der Waals surface area contributed by atoms with Crippen molar-refractivity contribution in [1.29, 1.82) is 0 Å². The van der Waals surface area contributed by atoms with E-state index in [1.54, 1.807) is 6.92 Å². The molecule has 4 nitrogen and oxygen atoms in total. The van der Waals surface area contributed by atoms with Crippen molar-refractivity contribution in [1.82, 2.24) is 0 Å². The van der Waals surface area contributed by atoms with Gasteiger partial charge in [0, 0.05) is 0 Å². The number of hydrogen-bond acceptors (Lipinski definition) is 2. The molecule has 12 heavy (non-hydrogen) atoms. The van der Waals surface area contributed by atoms with Crippen LogP contribution in [0.1, 0.15) is 6.92 Å². The van der Waals surface area contributed by atoms with Gasteiger partial charge >= 0.3 is 74.4 Å². The topological polar surface area (TPSA) is 62.7 Å². The SMILES string of the molecule is CCOC(=O)[C](=[N+]=[N-])[Ge]([CH3])([CH3])[CH3]. The predicted molar refractivity (Wildman–Crippen MR) is 48.6 cm³/mol. The van der Waals surface area contributed by atoms with Crippen LogP contribution in [0.2, 0.25) is 17.3 Å². The second-order valence-electron chi connectivity index (χ2n) is 3.42. The first-order chi connectivity index (χ1) is 5.43. The van der Waals surface area contributed by atoms with Gasteiger partial charge in [-0.2, -0.15) is 0 Å². The average molecular weight is 231 g/mol. The van der Waals surface area contributed by atoms with Crippen molar-refractivity contribution in [2.24, 2.45) is 0 Å². The minimum atomic E-state index is -2.34. The number of esters is 1. The molecule has 0 unspecified atom stereocenters. The van der Waals surface area contributed by atoms with Crippen molar-refractivity contribution in [2.45, 2.75) is 24.2 Å². The monoisotopic (exact) mass is 232 g/mol. The summed E-state index contributed by atoms with van der Waals surface area (Å²) in [6.07, 6.45) is 0. The van der Waals surface area contributed by atoms with Gasteiger partial charge in [0.05, 0.1) is 0 Å². The van der Waals surface area contributed by atoms with Crippen LogP contribution < -0.4 is 0 Å². The predicted octanol–water partition coefficient (Wildman–Crippen LogP) is 1.10. The third-order valence-corrected chi connectivity index (χ3v) is 4.90. The summed E-state index contributed by atoms with van der Waals surface area (Å²) in [5.74, 6) is 5.41. The van der Waals surface area contributed by atoms with Gasteiger partial charge in [0.1, 0.15) is 0 Å². The van der Waals surface area contributed by atoms with E-state index in [-0.39, 0.29) is 4.54 Å². The summed E-state index contributed by atoms with van der Waals surface area (Å²) in [6.45, 7) is 2.04. The third kappa shape index (κ3) is 3.19. The first-order valence-corrected chi connectivity index (χ1v) is 11.2. The Bertz CT molecular complexity index is 226. The van der Waals surface area contributed by atoms with E-state index in [1.807, 2.05) is 17.3 Å². The normalized spacial score (nSPS) is 10.3. The molecular weight excluding hydrogens is 217 g/mol. The summed E-state index contributed by atoms with van der Waals surface area (Å²) in [5, 5.41) is 0. The molecule has 0 aliphatic rings. The molecule has 0 atom stereocenters. The Kier molecular flexibility index (Phi) is 4.20. The third-order valence-electron chi connectivity index (χ3n) is 1.28. The molecule has 0 aromatic carbocycles. The molecule has 0 rings (SSSR count). The molecule has 0 aromatic heterocycles. The molecule has 0 saturated heterocycles. The number of ether oxygens (including phenoxy) is 1. The van der Waals surface area contributed by atoms with Crippen LogP contribution in [0.25, 0.3) is 5.53 Å². The van der Waals surface area contributed by atoms with E-state index in [0.717, 1.165) is 0 Å². The molecule has 0 aromatic rings. The van der Waals surface area contributed by atoms with Gasteiger partial charge in [-0.15, -0.1) is 0 Å². The molecule has 0 spiro atoms. The van der Waals surface area contributed by atoms with Gasteiger partial charge in [-0.1, -0.05) is 0 Å². The summed E-state index contributed by atoms with van der Waals surface area (Å²) < 4.78 is 4.97. The molecule has 0 heterocycles. The van der Waals surface area contributed by atoms with Gasteiger partial charge < -0.3 is 0 Å². The summed E-state index contributed by atoms with van der Waals surface area (Å²) in [7, 11) is 0. The van der Waals surface area contributed by atoms with Gasteiger partial charge in [-0.3, -0.25) is 0 Å². The Morgan fingerprint density at radius 1 is 1.50 bits per heavy atom. The van der Waals surface area contributed by atoms with Crippen LogP contribution in [0.5, 0.6) is 0 Å². The molecule has 68 valence electrons. The minimum absolute atomic E-state index is 0.233. The molecular formula is C7H14GeN2O2. The Morgan fingerprint density at radius 3 is 2.25 bits per heavy atom. The summed E-state index contributed by atoms with van der Waals surface area (Å²) in [4.78, 5) is 14.2. The fourth-order valence-corrected chi connectivity index (χ4v) is 2.76. The number of carbonyl (C=O) groups is 1. The van der Waals surface area contributed by atoms with E-state index in [1.165, 1.54) is 0 Å². The quantitative estimate of drug-likeness (QED) is 0.240. The van der Waals surface area contributed by atoms with Crippen molar-refractivity contribution < 1.29 is 14.3 Å². The average Bonchev–Trinajstić information content (AvgIpc) is 1.85. The van der Waals surface area contributed by atoms with Crippen molar-refractivity contribution in [2.75, 3.05) is 6.61 Å². The Labute approximate surface area is 74.9 Å². The van der Waals surface area contributed by atoms with Gasteiger partial charge in [-0.05, 0) is 0 Å². The van der Waals surface area contributed by atoms with Gasteiger partial charge in [0.25, 0.3) is 0 Å². The zero-order valence-electron chi connectivity index (χ0n) is 7.92. The molecule has 0 bridgehead atoms. The van der Waals surface area contributed by atoms with Crippen molar-refractivity contribution in [3.05, 3.63) is 5.53 Å². The zero-order chi connectivity index (χ0) is 9.78. The van der Waals surface area contributed by atoms with Crippen LogP contribution in [0.15, 0.2) is 0 Å². The maximum atomic E-state index is 11.2. The number of rotatable bonds is 3. The van der Waals surface area contributed by atoms with E-state index in [9.17, 15) is 4.79 Å². The van der Waals surface area contributed by atoms with E-state index in [2.05, 4.69) is 4.79 Å². The van der Waals surface area contributed by atoms with E-state index in [0.29, 0.717) is 6.61 Å². The first kappa shape index (κ1) is 11.4. The zero-order valence-corrected chi connectivity index (χ0v) is 10.0. The van der Waals surface area contributed by atoms with Crippen LogP contribution >= 0.6 is 0 Å². The second-order valence-corrected chi connectivity index (χ2v) is 13.9. The van der Waals surface area contributed by atoms with Crippen LogP contribution in [0.3, 0.4) is 0 Å². The van der Waals surface area contributed by atoms with Crippen molar-refractivity contribution in [3.63, 3.8) is 0 Å². The standard InChI is InChI=1S/C7H14GeN2O2/c1-5-12-7(11)6(10-9)8(2,3)4/h5H2,1-4H3. The maximum absolute atomic E-state index is 11.2. The number of carbonyl (C=O) groups excluding carboxylic acids is 1. The second kappa shape index (κ2) is 4.43. The Morgan fingerprint density at radius 2 is 2.00 bits per heavy atom. The molecule has 5 heteroatoms. The Balaban J connectivity index is 4.61. The van der Waals surface area contributed by atoms with Crippen LogP contribution in [0.4, 0.5) is 0 Å². The molecule has 0 radical (unpaired) electrons. The summed E-state index contributed by atoms with van der Waals surface area (Å²) in [6, 6.07) is 0. The number of hydrogen-bond donors (Lipinski definition) is 0. The fourth-order valence-electron chi connectivity index (χ4n) is 0.696. The summed E-state index contributed by atoms with van der Waals surface area (Å²) in [5.41, 5.74) is 8.59. The van der Waals surface area contributed by atoms with Crippen LogP contribution in [0, 0.1) is 0 Å². The molecule has 0 aliphatic carbocycles. The van der Waals surface area contributed by atoms with E-state index >= 15 is 0 Å². The fraction of sp³-hybridized carbons (Fsp3) is 0.714.